The number of likely N-dealkylation sites (tertiary alicyclic amines) is 1. The molecule has 0 bridgehead atoms. The fraction of sp³-hybridized carbons (Fsp3) is 0.417. The van der Waals surface area contributed by atoms with Gasteiger partial charge in [-0.25, -0.2) is 0 Å². The van der Waals surface area contributed by atoms with Crippen LogP contribution in [0.15, 0.2) is 42.5 Å². The molecule has 4 rings (SSSR count). The average molecular weight is 461 g/mol. The molecule has 0 aliphatic carbocycles. The van der Waals surface area contributed by atoms with E-state index in [1.54, 1.807) is 24.1 Å². The van der Waals surface area contributed by atoms with Gasteiger partial charge in [-0.3, -0.25) is 14.4 Å². The lowest BCUT2D eigenvalue weighted by atomic mass is 9.78. The number of Topliss-reactive ketones (excluding diaryl/α,β-unsaturated/α-hetero) is 1. The van der Waals surface area contributed by atoms with Crippen molar-refractivity contribution in [2.45, 2.75) is 43.7 Å². The van der Waals surface area contributed by atoms with E-state index < -0.39 is 10.4 Å². The number of benzene rings is 2. The Bertz CT molecular complexity index is 996. The molecule has 1 unspecified atom stereocenters. The highest BCUT2D eigenvalue weighted by Crippen LogP contribution is 2.50. The van der Waals surface area contributed by atoms with Crippen molar-refractivity contribution in [1.29, 1.82) is 0 Å². The SMILES string of the molecule is Cc1cc(Cl)cc(C)c1C1(Cl)C(=O)N(C)C2(CCN(OCc3ccccc3)CC2)C1=O. The molecule has 0 aromatic heterocycles. The second-order valence-corrected chi connectivity index (χ2v) is 9.49. The van der Waals surface area contributed by atoms with Crippen LogP contribution in [0.5, 0.6) is 0 Å². The number of hydrogen-bond acceptors (Lipinski definition) is 4. The third kappa shape index (κ3) is 3.58. The molecule has 2 aromatic carbocycles. The molecular formula is C24H26Cl2N2O3. The number of hydroxylamine groups is 2. The van der Waals surface area contributed by atoms with Gasteiger partial charge >= 0.3 is 0 Å². The summed E-state index contributed by atoms with van der Waals surface area (Å²) < 4.78 is 0. The number of likely N-dealkylation sites (N-methyl/N-ethyl adjacent to an activating group) is 1. The highest BCUT2D eigenvalue weighted by molar-refractivity contribution is 6.49. The summed E-state index contributed by atoms with van der Waals surface area (Å²) in [5.41, 5.74) is 2.20. The Morgan fingerprint density at radius 3 is 2.19 bits per heavy atom. The maximum Gasteiger partial charge on any atom is 0.256 e. The molecule has 31 heavy (non-hydrogen) atoms. The topological polar surface area (TPSA) is 49.9 Å². The first-order chi connectivity index (χ1) is 14.7. The van der Waals surface area contributed by atoms with Gasteiger partial charge in [0.05, 0.1) is 6.61 Å². The zero-order chi connectivity index (χ0) is 22.4. The van der Waals surface area contributed by atoms with Crippen LogP contribution in [-0.2, 0) is 25.9 Å². The molecule has 1 spiro atoms. The van der Waals surface area contributed by atoms with Crippen LogP contribution < -0.4 is 0 Å². The standard InChI is InChI=1S/C24H26Cl2N2O3/c1-16-13-19(25)14-17(2)20(16)24(26)21(29)23(27(3)22(24)30)9-11-28(12-10-23)31-15-18-7-5-4-6-8-18/h4-8,13-14H,9-12,15H2,1-3H3. The summed E-state index contributed by atoms with van der Waals surface area (Å²) in [7, 11) is 1.69. The lowest BCUT2D eigenvalue weighted by Gasteiger charge is -2.41. The molecule has 164 valence electrons. The molecule has 0 N–H and O–H groups in total. The number of alkyl halides is 1. The van der Waals surface area contributed by atoms with Gasteiger partial charge in [0.1, 0.15) is 5.54 Å². The van der Waals surface area contributed by atoms with Gasteiger partial charge in [-0.1, -0.05) is 53.5 Å². The Morgan fingerprint density at radius 1 is 1.03 bits per heavy atom. The van der Waals surface area contributed by atoms with Crippen molar-refractivity contribution in [3.8, 4) is 0 Å². The second-order valence-electron chi connectivity index (χ2n) is 8.49. The Morgan fingerprint density at radius 2 is 1.61 bits per heavy atom. The zero-order valence-electron chi connectivity index (χ0n) is 18.0. The van der Waals surface area contributed by atoms with Crippen LogP contribution in [0, 0.1) is 13.8 Å². The van der Waals surface area contributed by atoms with Crippen LogP contribution in [0.25, 0.3) is 0 Å². The third-order valence-electron chi connectivity index (χ3n) is 6.63. The first kappa shape index (κ1) is 22.3. The Hall–Kier alpha value is -1.92. The van der Waals surface area contributed by atoms with E-state index in [2.05, 4.69) is 0 Å². The monoisotopic (exact) mass is 460 g/mol. The smallest absolute Gasteiger partial charge is 0.256 e. The molecule has 1 atom stereocenters. The Balaban J connectivity index is 1.56. The summed E-state index contributed by atoms with van der Waals surface area (Å²) >= 11 is 13.1. The van der Waals surface area contributed by atoms with Gasteiger partial charge in [0.15, 0.2) is 5.78 Å². The molecule has 2 aliphatic rings. The van der Waals surface area contributed by atoms with E-state index in [4.69, 9.17) is 28.0 Å². The fourth-order valence-corrected chi connectivity index (χ4v) is 5.89. The predicted octanol–water partition coefficient (Wildman–Crippen LogP) is 4.40. The normalized spacial score (nSPS) is 23.7. The zero-order valence-corrected chi connectivity index (χ0v) is 19.5. The van der Waals surface area contributed by atoms with Gasteiger partial charge in [-0.05, 0) is 61.1 Å². The molecule has 2 saturated heterocycles. The largest absolute Gasteiger partial charge is 0.331 e. The summed E-state index contributed by atoms with van der Waals surface area (Å²) in [5, 5.41) is 2.43. The average Bonchev–Trinajstić information content (AvgIpc) is 2.88. The molecule has 2 aromatic rings. The van der Waals surface area contributed by atoms with Gasteiger partial charge in [0.25, 0.3) is 5.91 Å². The summed E-state index contributed by atoms with van der Waals surface area (Å²) in [6.07, 6.45) is 0.950. The van der Waals surface area contributed by atoms with Crippen LogP contribution >= 0.6 is 23.2 Å². The van der Waals surface area contributed by atoms with E-state index in [0.29, 0.717) is 43.1 Å². The molecule has 2 fully saturated rings. The number of nitrogens with zero attached hydrogens (tertiary/aromatic N) is 2. The number of hydrogen-bond donors (Lipinski definition) is 0. The molecule has 0 radical (unpaired) electrons. The van der Waals surface area contributed by atoms with Crippen molar-refractivity contribution in [1.82, 2.24) is 9.96 Å². The minimum Gasteiger partial charge on any atom is -0.331 e. The number of ketones is 1. The summed E-state index contributed by atoms with van der Waals surface area (Å²) in [6.45, 7) is 5.23. The van der Waals surface area contributed by atoms with Crippen LogP contribution in [0.4, 0.5) is 0 Å². The van der Waals surface area contributed by atoms with E-state index in [-0.39, 0.29) is 11.7 Å². The minimum atomic E-state index is -1.72. The van der Waals surface area contributed by atoms with Crippen molar-refractivity contribution in [3.63, 3.8) is 0 Å². The predicted molar refractivity (Wildman–Crippen MR) is 121 cm³/mol. The van der Waals surface area contributed by atoms with Crippen LogP contribution in [-0.4, -0.2) is 47.3 Å². The number of carbonyl (C=O) groups is 2. The van der Waals surface area contributed by atoms with Crippen LogP contribution in [0.3, 0.4) is 0 Å². The number of amides is 1. The van der Waals surface area contributed by atoms with Gasteiger partial charge in [0.2, 0.25) is 4.87 Å². The minimum absolute atomic E-state index is 0.245. The quantitative estimate of drug-likeness (QED) is 0.501. The van der Waals surface area contributed by atoms with Crippen LogP contribution in [0.2, 0.25) is 5.02 Å². The second kappa shape index (κ2) is 8.21. The van der Waals surface area contributed by atoms with E-state index in [1.807, 2.05) is 49.2 Å². The molecule has 2 heterocycles. The Kier molecular flexibility index (Phi) is 5.90. The number of aryl methyl sites for hydroxylation is 2. The number of piperidine rings is 1. The van der Waals surface area contributed by atoms with Gasteiger partial charge < -0.3 is 4.90 Å². The number of rotatable bonds is 4. The van der Waals surface area contributed by atoms with Crippen molar-refractivity contribution in [3.05, 3.63) is 69.7 Å². The highest BCUT2D eigenvalue weighted by Gasteiger charge is 2.66. The summed E-state index contributed by atoms with van der Waals surface area (Å²) in [4.78, 5) is 33.0. The highest BCUT2D eigenvalue weighted by atomic mass is 35.5. The third-order valence-corrected chi connectivity index (χ3v) is 7.37. The van der Waals surface area contributed by atoms with Crippen LogP contribution in [0.1, 0.15) is 35.1 Å². The maximum absolute atomic E-state index is 13.8. The summed E-state index contributed by atoms with van der Waals surface area (Å²) in [5.74, 6) is -0.614. The fourth-order valence-electron chi connectivity index (χ4n) is 4.96. The molecular weight excluding hydrogens is 435 g/mol. The van der Waals surface area contributed by atoms with Crippen molar-refractivity contribution < 1.29 is 14.4 Å². The van der Waals surface area contributed by atoms with E-state index >= 15 is 0 Å². The summed E-state index contributed by atoms with van der Waals surface area (Å²) in [6, 6.07) is 13.4. The van der Waals surface area contributed by atoms with Gasteiger partial charge in [-0.2, -0.15) is 5.06 Å². The van der Waals surface area contributed by atoms with E-state index in [9.17, 15) is 9.59 Å². The maximum atomic E-state index is 13.8. The van der Waals surface area contributed by atoms with Crippen molar-refractivity contribution in [2.75, 3.05) is 20.1 Å². The first-order valence-electron chi connectivity index (χ1n) is 10.4. The lowest BCUT2D eigenvalue weighted by Crippen LogP contribution is -2.55. The lowest BCUT2D eigenvalue weighted by molar-refractivity contribution is -0.192. The Labute approximate surface area is 192 Å². The van der Waals surface area contributed by atoms with E-state index in [0.717, 1.165) is 16.7 Å². The molecule has 7 heteroatoms. The molecule has 5 nitrogen and oxygen atoms in total. The van der Waals surface area contributed by atoms with Gasteiger partial charge in [-0.15, -0.1) is 0 Å². The molecule has 1 amide bonds. The van der Waals surface area contributed by atoms with E-state index in [1.165, 1.54) is 0 Å². The first-order valence-corrected chi connectivity index (χ1v) is 11.2. The number of carbonyl (C=O) groups excluding carboxylic acids is 2. The van der Waals surface area contributed by atoms with Gasteiger partial charge in [0, 0.05) is 25.2 Å². The molecule has 0 saturated carbocycles. The van der Waals surface area contributed by atoms with Crippen molar-refractivity contribution in [2.24, 2.45) is 0 Å². The molecule has 2 aliphatic heterocycles. The number of halogens is 2. The van der Waals surface area contributed by atoms with Crippen molar-refractivity contribution >= 4 is 34.9 Å².